The van der Waals surface area contributed by atoms with Crippen LogP contribution >= 0.6 is 0 Å². The first-order chi connectivity index (χ1) is 14.0. The molecule has 0 spiro atoms. The van der Waals surface area contributed by atoms with E-state index in [1.54, 1.807) is 58.4 Å². The van der Waals surface area contributed by atoms with E-state index in [0.29, 0.717) is 18.0 Å². The monoisotopic (exact) mass is 395 g/mol. The maximum Gasteiger partial charge on any atom is 0.355 e. The molecule has 8 nitrogen and oxygen atoms in total. The molecule has 0 bridgehead atoms. The fourth-order valence-electron chi connectivity index (χ4n) is 2.77. The van der Waals surface area contributed by atoms with Gasteiger partial charge in [0.25, 0.3) is 0 Å². The van der Waals surface area contributed by atoms with Gasteiger partial charge in [-0.1, -0.05) is 6.08 Å². The third kappa shape index (κ3) is 4.37. The van der Waals surface area contributed by atoms with Crippen molar-refractivity contribution in [1.82, 2.24) is 9.78 Å². The molecule has 1 aliphatic rings. The van der Waals surface area contributed by atoms with Crippen LogP contribution in [0.2, 0.25) is 0 Å². The van der Waals surface area contributed by atoms with E-state index < -0.39 is 11.9 Å². The van der Waals surface area contributed by atoms with Crippen LogP contribution in [0.25, 0.3) is 0 Å². The fourth-order valence-corrected chi connectivity index (χ4v) is 2.77. The number of nitrogens with zero attached hydrogens (tertiary/aromatic N) is 3. The number of aryl methyl sites for hydroxylation is 1. The molecule has 1 aromatic carbocycles. The van der Waals surface area contributed by atoms with Gasteiger partial charge in [-0.3, -0.25) is 4.68 Å². The zero-order chi connectivity index (χ0) is 20.8. The molecule has 0 aliphatic carbocycles. The fraction of sp³-hybridized carbons (Fsp3) is 0.190. The van der Waals surface area contributed by atoms with Gasteiger partial charge in [0, 0.05) is 25.1 Å². The zero-order valence-corrected chi connectivity index (χ0v) is 16.4. The molecule has 29 heavy (non-hydrogen) atoms. The van der Waals surface area contributed by atoms with Crippen LogP contribution < -0.4 is 9.64 Å². The predicted octanol–water partition coefficient (Wildman–Crippen LogP) is 2.49. The van der Waals surface area contributed by atoms with E-state index in [4.69, 9.17) is 14.2 Å². The minimum Gasteiger partial charge on any atom is -0.487 e. The van der Waals surface area contributed by atoms with Crippen LogP contribution in [0.3, 0.4) is 0 Å². The molecule has 0 N–H and O–H groups in total. The molecule has 0 saturated carbocycles. The predicted molar refractivity (Wildman–Crippen MR) is 106 cm³/mol. The summed E-state index contributed by atoms with van der Waals surface area (Å²) in [6.45, 7) is 0.378. The summed E-state index contributed by atoms with van der Waals surface area (Å²) < 4.78 is 17.2. The number of anilines is 1. The van der Waals surface area contributed by atoms with E-state index in [2.05, 4.69) is 5.10 Å². The number of hydrogen-bond acceptors (Lipinski definition) is 7. The Morgan fingerprint density at radius 1 is 1.00 bits per heavy atom. The maximum atomic E-state index is 12.4. The summed E-state index contributed by atoms with van der Waals surface area (Å²) >= 11 is 0. The highest BCUT2D eigenvalue weighted by Gasteiger charge is 2.27. The second-order valence-corrected chi connectivity index (χ2v) is 6.04. The molecule has 2 heterocycles. The van der Waals surface area contributed by atoms with Gasteiger partial charge < -0.3 is 19.1 Å². The lowest BCUT2D eigenvalue weighted by atomic mass is 10.1. The van der Waals surface area contributed by atoms with Crippen LogP contribution in [0.4, 0.5) is 5.69 Å². The average Bonchev–Trinajstić information content (AvgIpc) is 3.03. The van der Waals surface area contributed by atoms with Crippen molar-refractivity contribution >= 4 is 17.6 Å². The summed E-state index contributed by atoms with van der Waals surface area (Å²) in [5, 5.41) is 4.10. The van der Waals surface area contributed by atoms with Gasteiger partial charge in [0.2, 0.25) is 0 Å². The molecule has 0 fully saturated rings. The van der Waals surface area contributed by atoms with E-state index in [1.807, 2.05) is 13.1 Å². The van der Waals surface area contributed by atoms with E-state index in [1.165, 1.54) is 20.3 Å². The molecule has 3 rings (SSSR count). The van der Waals surface area contributed by atoms with Crippen LogP contribution in [-0.4, -0.2) is 35.9 Å². The molecule has 0 amide bonds. The van der Waals surface area contributed by atoms with Crippen molar-refractivity contribution in [3.05, 3.63) is 77.9 Å². The Morgan fingerprint density at radius 2 is 1.72 bits per heavy atom. The summed E-state index contributed by atoms with van der Waals surface area (Å²) in [5.74, 6) is -0.631. The number of hydrogen-bond donors (Lipinski definition) is 0. The molecule has 8 heteroatoms. The van der Waals surface area contributed by atoms with Crippen molar-refractivity contribution in [1.29, 1.82) is 0 Å². The highest BCUT2D eigenvalue weighted by atomic mass is 16.5. The minimum absolute atomic E-state index is 0.0629. The molecule has 2 aromatic rings. The molecular weight excluding hydrogens is 374 g/mol. The first-order valence-corrected chi connectivity index (χ1v) is 8.80. The van der Waals surface area contributed by atoms with Crippen molar-refractivity contribution in [2.75, 3.05) is 19.1 Å². The largest absolute Gasteiger partial charge is 0.487 e. The zero-order valence-electron chi connectivity index (χ0n) is 16.4. The summed E-state index contributed by atoms with van der Waals surface area (Å²) in [6, 6.07) is 9.01. The lowest BCUT2D eigenvalue weighted by Crippen LogP contribution is -2.26. The van der Waals surface area contributed by atoms with Crippen molar-refractivity contribution in [2.24, 2.45) is 7.05 Å². The normalized spacial score (nSPS) is 13.3. The van der Waals surface area contributed by atoms with Gasteiger partial charge >= 0.3 is 11.9 Å². The Morgan fingerprint density at radius 3 is 2.34 bits per heavy atom. The van der Waals surface area contributed by atoms with Crippen LogP contribution in [-0.2, 0) is 32.7 Å². The number of benzene rings is 1. The summed E-state index contributed by atoms with van der Waals surface area (Å²) in [6.07, 6.45) is 8.26. The quantitative estimate of drug-likeness (QED) is 0.695. The van der Waals surface area contributed by atoms with Crippen molar-refractivity contribution in [2.45, 2.75) is 6.61 Å². The number of carbonyl (C=O) groups excluding carboxylic acids is 2. The standard InChI is InChI=1S/C21H21N3O5/c1-23-16(11-12-22-23)14-29-17-9-7-15(8-10-17)24-13-5-4-6-18(20(25)27-2)19(24)21(26)28-3/h4-13H,14H2,1-3H3. The van der Waals surface area contributed by atoms with Crippen LogP contribution in [0, 0.1) is 0 Å². The minimum atomic E-state index is -0.655. The molecule has 0 saturated heterocycles. The highest BCUT2D eigenvalue weighted by molar-refractivity contribution is 6.05. The Bertz CT molecular complexity index is 986. The van der Waals surface area contributed by atoms with Gasteiger partial charge in [0.05, 0.1) is 25.5 Å². The average molecular weight is 395 g/mol. The third-order valence-electron chi connectivity index (χ3n) is 4.31. The van der Waals surface area contributed by atoms with Crippen LogP contribution in [0.15, 0.2) is 72.2 Å². The molecule has 0 unspecified atom stereocenters. The van der Waals surface area contributed by atoms with E-state index in [9.17, 15) is 9.59 Å². The van der Waals surface area contributed by atoms with E-state index >= 15 is 0 Å². The number of allylic oxidation sites excluding steroid dienone is 2. The van der Waals surface area contributed by atoms with Gasteiger partial charge in [0.15, 0.2) is 0 Å². The van der Waals surface area contributed by atoms with Gasteiger partial charge in [-0.25, -0.2) is 9.59 Å². The van der Waals surface area contributed by atoms with Crippen molar-refractivity contribution in [3.8, 4) is 5.75 Å². The Kier molecular flexibility index (Phi) is 6.13. The van der Waals surface area contributed by atoms with Gasteiger partial charge in [0.1, 0.15) is 18.1 Å². The van der Waals surface area contributed by atoms with Crippen molar-refractivity contribution in [3.63, 3.8) is 0 Å². The number of aromatic nitrogens is 2. The number of carbonyl (C=O) groups is 2. The third-order valence-corrected chi connectivity index (χ3v) is 4.31. The van der Waals surface area contributed by atoms with Gasteiger partial charge in [-0.15, -0.1) is 0 Å². The van der Waals surface area contributed by atoms with Crippen LogP contribution in [0.1, 0.15) is 5.69 Å². The molecule has 150 valence electrons. The SMILES string of the molecule is COC(=O)C1=C(C(=O)OC)N(c2ccc(OCc3ccnn3C)cc2)C=CC=C1. The Balaban J connectivity index is 1.88. The topological polar surface area (TPSA) is 82.9 Å². The number of esters is 2. The van der Waals surface area contributed by atoms with Crippen LogP contribution in [0.5, 0.6) is 5.75 Å². The summed E-state index contributed by atoms with van der Waals surface area (Å²) in [7, 11) is 4.37. The lowest BCUT2D eigenvalue weighted by molar-refractivity contribution is -0.139. The molecule has 0 atom stereocenters. The molecule has 0 radical (unpaired) electrons. The lowest BCUT2D eigenvalue weighted by Gasteiger charge is -2.23. The highest BCUT2D eigenvalue weighted by Crippen LogP contribution is 2.28. The summed E-state index contributed by atoms with van der Waals surface area (Å²) in [4.78, 5) is 26.2. The maximum absolute atomic E-state index is 12.4. The second-order valence-electron chi connectivity index (χ2n) is 6.04. The first-order valence-electron chi connectivity index (χ1n) is 8.80. The van der Waals surface area contributed by atoms with E-state index in [0.717, 1.165) is 5.69 Å². The Hall–Kier alpha value is -3.81. The van der Waals surface area contributed by atoms with E-state index in [-0.39, 0.29) is 11.3 Å². The second kappa shape index (κ2) is 8.92. The smallest absolute Gasteiger partial charge is 0.355 e. The molecular formula is C21H21N3O5. The Labute approximate surface area is 168 Å². The first kappa shape index (κ1) is 19.9. The summed E-state index contributed by atoms with van der Waals surface area (Å²) in [5.41, 5.74) is 1.75. The molecule has 1 aliphatic heterocycles. The van der Waals surface area contributed by atoms with Gasteiger partial charge in [-0.05, 0) is 42.5 Å². The molecule has 1 aromatic heterocycles. The number of methoxy groups -OCH3 is 2. The number of rotatable bonds is 6. The number of ether oxygens (including phenoxy) is 3. The van der Waals surface area contributed by atoms with Crippen molar-refractivity contribution < 1.29 is 23.8 Å². The van der Waals surface area contributed by atoms with Gasteiger partial charge in [-0.2, -0.15) is 5.10 Å².